The van der Waals surface area contributed by atoms with Crippen molar-refractivity contribution in [2.45, 2.75) is 76.9 Å². The van der Waals surface area contributed by atoms with Gasteiger partial charge in [0.25, 0.3) is 0 Å². The summed E-state index contributed by atoms with van der Waals surface area (Å²) in [6.07, 6.45) is 7.95. The van der Waals surface area contributed by atoms with Crippen LogP contribution in [-0.2, 0) is 16.0 Å². The maximum Gasteiger partial charge on any atom is 0.345 e. The summed E-state index contributed by atoms with van der Waals surface area (Å²) in [7, 11) is 0. The van der Waals surface area contributed by atoms with E-state index in [1.54, 1.807) is 0 Å². The Morgan fingerprint density at radius 2 is 2.08 bits per heavy atom. The highest BCUT2D eigenvalue weighted by Gasteiger charge is 2.41. The summed E-state index contributed by atoms with van der Waals surface area (Å²) in [4.78, 5) is 30.2. The number of amides is 1. The predicted octanol–water partition coefficient (Wildman–Crippen LogP) is 1.93. The molecule has 24 heavy (non-hydrogen) atoms. The number of aromatic amines is 1. The van der Waals surface area contributed by atoms with Crippen LogP contribution in [0.2, 0.25) is 0 Å². The Morgan fingerprint density at radius 1 is 1.33 bits per heavy atom. The van der Waals surface area contributed by atoms with Crippen LogP contribution in [0.1, 0.15) is 61.9 Å². The van der Waals surface area contributed by atoms with Crippen molar-refractivity contribution in [3.8, 4) is 0 Å². The maximum atomic E-state index is 12.3. The minimum atomic E-state index is -0.334. The van der Waals surface area contributed by atoms with E-state index in [1.165, 1.54) is 19.3 Å². The lowest BCUT2D eigenvalue weighted by atomic mass is 9.82. The van der Waals surface area contributed by atoms with Crippen LogP contribution in [0, 0.1) is 13.8 Å². The van der Waals surface area contributed by atoms with E-state index in [0.29, 0.717) is 25.1 Å². The molecule has 1 spiro atoms. The number of aryl methyl sites for hydroxylation is 2. The minimum Gasteiger partial charge on any atom is -0.373 e. The van der Waals surface area contributed by atoms with Gasteiger partial charge in [-0.1, -0.05) is 19.3 Å². The number of hydrogen-bond acceptors (Lipinski definition) is 4. The number of H-pyrrole nitrogens is 1. The van der Waals surface area contributed by atoms with Gasteiger partial charge in [-0.25, -0.2) is 4.79 Å². The monoisotopic (exact) mass is 333 g/mol. The van der Waals surface area contributed by atoms with E-state index in [0.717, 1.165) is 30.5 Å². The zero-order chi connectivity index (χ0) is 17.2. The quantitative estimate of drug-likeness (QED) is 0.882. The molecule has 2 fully saturated rings. The second-order valence-electron chi connectivity index (χ2n) is 7.25. The molecular weight excluding hydrogens is 306 g/mol. The molecule has 1 atom stereocenters. The number of hydrogen-bond donors (Lipinski definition) is 2. The average Bonchev–Trinajstić information content (AvgIpc) is 2.89. The zero-order valence-corrected chi connectivity index (χ0v) is 14.6. The van der Waals surface area contributed by atoms with Gasteiger partial charge in [-0.2, -0.15) is 4.98 Å². The van der Waals surface area contributed by atoms with Gasteiger partial charge in [0.05, 0.1) is 18.2 Å². The largest absolute Gasteiger partial charge is 0.373 e. The van der Waals surface area contributed by atoms with Crippen LogP contribution in [0.4, 0.5) is 0 Å². The molecule has 1 aliphatic heterocycles. The second kappa shape index (κ2) is 7.05. The van der Waals surface area contributed by atoms with Gasteiger partial charge in [-0.05, 0) is 45.1 Å². The van der Waals surface area contributed by atoms with Gasteiger partial charge < -0.3 is 15.0 Å². The first-order valence-electron chi connectivity index (χ1n) is 8.97. The fourth-order valence-electron chi connectivity index (χ4n) is 4.14. The highest BCUT2D eigenvalue weighted by Crippen LogP contribution is 2.39. The third-order valence-corrected chi connectivity index (χ3v) is 5.39. The lowest BCUT2D eigenvalue weighted by molar-refractivity contribution is -0.121. The SMILES string of the molecule is Cc1nc(=O)[nH]c(C)c1CCC(=O)N[C@@H]1COC2(CCCCC2)C1. The Morgan fingerprint density at radius 3 is 2.79 bits per heavy atom. The van der Waals surface area contributed by atoms with E-state index in [-0.39, 0.29) is 23.2 Å². The summed E-state index contributed by atoms with van der Waals surface area (Å²) in [6, 6.07) is 0.131. The molecule has 1 saturated carbocycles. The average molecular weight is 333 g/mol. The third-order valence-electron chi connectivity index (χ3n) is 5.39. The van der Waals surface area contributed by atoms with Gasteiger partial charge >= 0.3 is 5.69 Å². The van der Waals surface area contributed by atoms with Gasteiger partial charge in [-0.15, -0.1) is 0 Å². The Balaban J connectivity index is 1.51. The second-order valence-corrected chi connectivity index (χ2v) is 7.25. The summed E-state index contributed by atoms with van der Waals surface area (Å²) in [5.74, 6) is 0.0430. The Kier molecular flexibility index (Phi) is 5.04. The van der Waals surface area contributed by atoms with Gasteiger partial charge in [-0.3, -0.25) is 4.79 Å². The van der Waals surface area contributed by atoms with Crippen molar-refractivity contribution in [1.29, 1.82) is 0 Å². The predicted molar refractivity (Wildman–Crippen MR) is 91.0 cm³/mol. The summed E-state index contributed by atoms with van der Waals surface area (Å²) >= 11 is 0. The molecule has 2 N–H and O–H groups in total. The summed E-state index contributed by atoms with van der Waals surface area (Å²) in [5.41, 5.74) is 2.14. The molecule has 132 valence electrons. The van der Waals surface area contributed by atoms with E-state index in [1.807, 2.05) is 13.8 Å². The first-order valence-corrected chi connectivity index (χ1v) is 8.97. The molecule has 1 aliphatic carbocycles. The van der Waals surface area contributed by atoms with Gasteiger partial charge in [0, 0.05) is 17.8 Å². The van der Waals surface area contributed by atoms with Crippen molar-refractivity contribution in [3.63, 3.8) is 0 Å². The molecule has 6 heteroatoms. The molecular formula is C18H27N3O3. The first-order chi connectivity index (χ1) is 11.5. The van der Waals surface area contributed by atoms with E-state index in [4.69, 9.17) is 4.74 Å². The standard InChI is InChI=1S/C18H27N3O3/c1-12-15(13(2)20-17(23)19-12)6-7-16(22)21-14-10-18(24-11-14)8-4-3-5-9-18/h14H,3-11H2,1-2H3,(H,21,22)(H,19,20,23)/t14-/m0/s1. The van der Waals surface area contributed by atoms with Crippen molar-refractivity contribution in [3.05, 3.63) is 27.4 Å². The van der Waals surface area contributed by atoms with Crippen LogP contribution in [0.3, 0.4) is 0 Å². The number of nitrogens with one attached hydrogen (secondary N) is 2. The van der Waals surface area contributed by atoms with E-state index < -0.39 is 0 Å². The third kappa shape index (κ3) is 3.86. The smallest absolute Gasteiger partial charge is 0.345 e. The Labute approximate surface area is 142 Å². The highest BCUT2D eigenvalue weighted by atomic mass is 16.5. The maximum absolute atomic E-state index is 12.3. The van der Waals surface area contributed by atoms with Crippen LogP contribution in [0.25, 0.3) is 0 Å². The molecule has 6 nitrogen and oxygen atoms in total. The number of carbonyl (C=O) groups excluding carboxylic acids is 1. The van der Waals surface area contributed by atoms with Crippen molar-refractivity contribution in [2.75, 3.05) is 6.61 Å². The number of carbonyl (C=O) groups is 1. The molecule has 0 bridgehead atoms. The highest BCUT2D eigenvalue weighted by molar-refractivity contribution is 5.76. The summed E-state index contributed by atoms with van der Waals surface area (Å²) < 4.78 is 6.04. The van der Waals surface area contributed by atoms with Crippen LogP contribution in [0.15, 0.2) is 4.79 Å². The van der Waals surface area contributed by atoms with Crippen molar-refractivity contribution < 1.29 is 9.53 Å². The fraction of sp³-hybridized carbons (Fsp3) is 0.722. The molecule has 2 aliphatic rings. The Bertz CT molecular complexity index is 636. The normalized spacial score (nSPS) is 22.7. The van der Waals surface area contributed by atoms with E-state index >= 15 is 0 Å². The molecule has 1 saturated heterocycles. The van der Waals surface area contributed by atoms with Crippen LogP contribution in [0.5, 0.6) is 0 Å². The first kappa shape index (κ1) is 17.1. The molecule has 2 heterocycles. The van der Waals surface area contributed by atoms with E-state index in [9.17, 15) is 9.59 Å². The summed E-state index contributed by atoms with van der Waals surface area (Å²) in [6.45, 7) is 4.29. The fourth-order valence-corrected chi connectivity index (χ4v) is 4.14. The molecule has 3 rings (SSSR count). The number of ether oxygens (including phenoxy) is 1. The number of nitrogens with zero attached hydrogens (tertiary/aromatic N) is 1. The van der Waals surface area contributed by atoms with Crippen LogP contribution in [-0.4, -0.2) is 34.1 Å². The summed E-state index contributed by atoms with van der Waals surface area (Å²) in [5, 5.41) is 3.11. The van der Waals surface area contributed by atoms with Crippen LogP contribution >= 0.6 is 0 Å². The molecule has 1 aromatic heterocycles. The van der Waals surface area contributed by atoms with Gasteiger partial charge in [0.15, 0.2) is 0 Å². The molecule has 0 radical (unpaired) electrons. The van der Waals surface area contributed by atoms with Crippen molar-refractivity contribution >= 4 is 5.91 Å². The van der Waals surface area contributed by atoms with Crippen LogP contribution < -0.4 is 11.0 Å². The Hall–Kier alpha value is -1.69. The molecule has 1 amide bonds. The molecule has 1 aromatic rings. The lowest BCUT2D eigenvalue weighted by Crippen LogP contribution is -2.37. The van der Waals surface area contributed by atoms with Crippen molar-refractivity contribution in [2.24, 2.45) is 0 Å². The zero-order valence-electron chi connectivity index (χ0n) is 14.6. The minimum absolute atomic E-state index is 0.0200. The lowest BCUT2D eigenvalue weighted by Gasteiger charge is -2.32. The number of aromatic nitrogens is 2. The molecule has 0 aromatic carbocycles. The van der Waals surface area contributed by atoms with Gasteiger partial charge in [0.2, 0.25) is 5.91 Å². The topological polar surface area (TPSA) is 84.1 Å². The van der Waals surface area contributed by atoms with Gasteiger partial charge in [0.1, 0.15) is 0 Å². The molecule has 0 unspecified atom stereocenters. The number of rotatable bonds is 4. The van der Waals surface area contributed by atoms with Crippen molar-refractivity contribution in [1.82, 2.24) is 15.3 Å². The van der Waals surface area contributed by atoms with E-state index in [2.05, 4.69) is 15.3 Å².